The summed E-state index contributed by atoms with van der Waals surface area (Å²) in [7, 11) is -0.737. The number of hydrogen-bond acceptors (Lipinski definition) is 9. The first-order valence-corrected chi connectivity index (χ1v) is 14.7. The Morgan fingerprint density at radius 3 is 2.17 bits per heavy atom. The molecule has 1 aliphatic rings. The molecule has 35 heavy (non-hydrogen) atoms. The average Bonchev–Trinajstić information content (AvgIpc) is 2.85. The van der Waals surface area contributed by atoms with Crippen LogP contribution in [0.4, 0.5) is 0 Å². The number of carbonyl (C=O) groups is 2. The summed E-state index contributed by atoms with van der Waals surface area (Å²) in [6.45, 7) is 8.78. The van der Waals surface area contributed by atoms with E-state index < -0.39 is 57.1 Å². The SMILES string of the molecule is CC[Si](CC)(CC)O[C@H]1[C@H](O)[C@@H]([C@H](COC(C)=O)OC(C)=O)O[C@H](OC)[C@H]1OCc1ccccc1. The number of rotatable bonds is 13. The first-order valence-electron chi connectivity index (χ1n) is 12.2. The molecule has 10 heteroatoms. The lowest BCUT2D eigenvalue weighted by Crippen LogP contribution is -2.65. The minimum Gasteiger partial charge on any atom is -0.462 e. The van der Waals surface area contributed by atoms with Crippen LogP contribution in [0.3, 0.4) is 0 Å². The third-order valence-corrected chi connectivity index (χ3v) is 11.2. The Hall–Kier alpha value is -1.82. The molecule has 0 amide bonds. The van der Waals surface area contributed by atoms with Crippen LogP contribution in [0.1, 0.15) is 40.2 Å². The quantitative estimate of drug-likeness (QED) is 0.315. The van der Waals surface area contributed by atoms with Crippen LogP contribution < -0.4 is 0 Å². The van der Waals surface area contributed by atoms with E-state index in [4.69, 9.17) is 28.1 Å². The van der Waals surface area contributed by atoms with E-state index in [-0.39, 0.29) is 13.2 Å². The van der Waals surface area contributed by atoms with E-state index in [9.17, 15) is 14.7 Å². The number of aliphatic hydroxyl groups excluding tert-OH is 1. The fourth-order valence-corrected chi connectivity index (χ4v) is 7.17. The van der Waals surface area contributed by atoms with Gasteiger partial charge >= 0.3 is 11.9 Å². The average molecular weight is 513 g/mol. The van der Waals surface area contributed by atoms with E-state index in [1.165, 1.54) is 21.0 Å². The van der Waals surface area contributed by atoms with E-state index in [0.717, 1.165) is 23.7 Å². The predicted molar refractivity (Wildman–Crippen MR) is 131 cm³/mol. The molecule has 0 unspecified atom stereocenters. The summed E-state index contributed by atoms with van der Waals surface area (Å²) in [5, 5.41) is 11.5. The molecule has 2 rings (SSSR count). The molecular formula is C25H40O9Si. The van der Waals surface area contributed by atoms with Crippen LogP contribution in [0, 0.1) is 0 Å². The van der Waals surface area contributed by atoms with Crippen molar-refractivity contribution < 1.29 is 42.8 Å². The normalized spacial score (nSPS) is 25.6. The van der Waals surface area contributed by atoms with Crippen LogP contribution in [0.2, 0.25) is 18.1 Å². The van der Waals surface area contributed by atoms with Gasteiger partial charge in [0.2, 0.25) is 0 Å². The van der Waals surface area contributed by atoms with Crippen LogP contribution >= 0.6 is 0 Å². The van der Waals surface area contributed by atoms with Crippen molar-refractivity contribution in [2.45, 2.75) is 96.2 Å². The molecule has 198 valence electrons. The van der Waals surface area contributed by atoms with Crippen LogP contribution in [0.5, 0.6) is 0 Å². The van der Waals surface area contributed by atoms with Crippen molar-refractivity contribution in [1.29, 1.82) is 0 Å². The summed E-state index contributed by atoms with van der Waals surface area (Å²) in [5.74, 6) is -1.13. The molecular weight excluding hydrogens is 472 g/mol. The van der Waals surface area contributed by atoms with Gasteiger partial charge in [-0.15, -0.1) is 0 Å². The molecule has 1 aromatic carbocycles. The Morgan fingerprint density at radius 1 is 1.03 bits per heavy atom. The highest BCUT2D eigenvalue weighted by Gasteiger charge is 2.52. The van der Waals surface area contributed by atoms with Gasteiger partial charge in [-0.3, -0.25) is 9.59 Å². The smallest absolute Gasteiger partial charge is 0.303 e. The van der Waals surface area contributed by atoms with Gasteiger partial charge in [0.05, 0.1) is 6.61 Å². The molecule has 9 nitrogen and oxygen atoms in total. The standard InChI is InChI=1S/C25H40O9Si/c1-7-35(8-2,9-3)34-23-21(28)22(20(32-18(5)27)16-30-17(4)26)33-25(29-6)24(23)31-15-19-13-11-10-12-14-19/h10-14,20-25,28H,7-9,15-16H2,1-6H3/t20-,21+,22+,23-,24-,25-/m0/s1. The van der Waals surface area contributed by atoms with Crippen molar-refractivity contribution in [3.8, 4) is 0 Å². The molecule has 1 saturated heterocycles. The van der Waals surface area contributed by atoms with Crippen LogP contribution in [-0.4, -0.2) is 75.9 Å². The zero-order valence-electron chi connectivity index (χ0n) is 21.6. The van der Waals surface area contributed by atoms with Gasteiger partial charge in [-0.2, -0.15) is 0 Å². The molecule has 1 aromatic rings. The minimum absolute atomic E-state index is 0.270. The van der Waals surface area contributed by atoms with Gasteiger partial charge in [-0.05, 0) is 23.7 Å². The summed E-state index contributed by atoms with van der Waals surface area (Å²) >= 11 is 0. The molecule has 1 aliphatic heterocycles. The molecule has 0 bridgehead atoms. The first kappa shape index (κ1) is 29.4. The highest BCUT2D eigenvalue weighted by molar-refractivity contribution is 6.73. The summed E-state index contributed by atoms with van der Waals surface area (Å²) in [4.78, 5) is 23.2. The molecule has 1 N–H and O–H groups in total. The van der Waals surface area contributed by atoms with Crippen molar-refractivity contribution in [3.63, 3.8) is 0 Å². The van der Waals surface area contributed by atoms with Crippen molar-refractivity contribution in [3.05, 3.63) is 35.9 Å². The Morgan fingerprint density at radius 2 is 1.66 bits per heavy atom. The maximum Gasteiger partial charge on any atom is 0.303 e. The third kappa shape index (κ3) is 8.09. The summed E-state index contributed by atoms with van der Waals surface area (Å²) < 4.78 is 35.1. The maximum absolute atomic E-state index is 11.8. The summed E-state index contributed by atoms with van der Waals surface area (Å²) in [5.41, 5.74) is 0.954. The van der Waals surface area contributed by atoms with Gasteiger partial charge in [-0.1, -0.05) is 51.1 Å². The van der Waals surface area contributed by atoms with Crippen molar-refractivity contribution in [1.82, 2.24) is 0 Å². The fourth-order valence-electron chi connectivity index (χ4n) is 4.32. The Labute approximate surface area is 209 Å². The predicted octanol–water partition coefficient (Wildman–Crippen LogP) is 3.19. The second-order valence-electron chi connectivity index (χ2n) is 8.73. The van der Waals surface area contributed by atoms with E-state index in [2.05, 4.69) is 20.8 Å². The maximum atomic E-state index is 11.8. The lowest BCUT2D eigenvalue weighted by Gasteiger charge is -2.48. The van der Waals surface area contributed by atoms with Crippen LogP contribution in [0.25, 0.3) is 0 Å². The van der Waals surface area contributed by atoms with Gasteiger partial charge in [-0.25, -0.2) is 0 Å². The van der Waals surface area contributed by atoms with Crippen molar-refractivity contribution in [2.24, 2.45) is 0 Å². The lowest BCUT2D eigenvalue weighted by molar-refractivity contribution is -0.314. The van der Waals surface area contributed by atoms with E-state index in [0.29, 0.717) is 0 Å². The van der Waals surface area contributed by atoms with Crippen molar-refractivity contribution in [2.75, 3.05) is 13.7 Å². The molecule has 1 fully saturated rings. The third-order valence-electron chi connectivity index (χ3n) is 6.53. The molecule has 0 spiro atoms. The number of methoxy groups -OCH3 is 1. The van der Waals surface area contributed by atoms with Gasteiger partial charge < -0.3 is 33.2 Å². The van der Waals surface area contributed by atoms with Gasteiger partial charge in [0.25, 0.3) is 0 Å². The lowest BCUT2D eigenvalue weighted by atomic mass is 9.95. The van der Waals surface area contributed by atoms with E-state index >= 15 is 0 Å². The Balaban J connectivity index is 2.40. The highest BCUT2D eigenvalue weighted by atomic mass is 28.4. The highest BCUT2D eigenvalue weighted by Crippen LogP contribution is 2.34. The molecule has 0 saturated carbocycles. The van der Waals surface area contributed by atoms with Crippen LogP contribution in [0.15, 0.2) is 30.3 Å². The zero-order chi connectivity index (χ0) is 26.0. The number of benzene rings is 1. The number of ether oxygens (including phenoxy) is 5. The number of hydrogen-bond donors (Lipinski definition) is 1. The zero-order valence-corrected chi connectivity index (χ0v) is 22.6. The first-order chi connectivity index (χ1) is 16.7. The molecule has 0 radical (unpaired) electrons. The second-order valence-corrected chi connectivity index (χ2v) is 13.5. The topological polar surface area (TPSA) is 110 Å². The number of esters is 2. The van der Waals surface area contributed by atoms with E-state index in [1.54, 1.807) is 0 Å². The second kappa shape index (κ2) is 14.1. The van der Waals surface area contributed by atoms with Crippen molar-refractivity contribution >= 4 is 20.3 Å². The molecule has 1 heterocycles. The number of carbonyl (C=O) groups excluding carboxylic acids is 2. The minimum atomic E-state index is -2.22. The molecule has 6 atom stereocenters. The summed E-state index contributed by atoms with van der Waals surface area (Å²) in [6, 6.07) is 12.2. The molecule has 0 aromatic heterocycles. The Kier molecular flexibility index (Phi) is 11.8. The van der Waals surface area contributed by atoms with Gasteiger partial charge in [0.1, 0.15) is 31.0 Å². The van der Waals surface area contributed by atoms with Gasteiger partial charge in [0, 0.05) is 21.0 Å². The largest absolute Gasteiger partial charge is 0.462 e. The van der Waals surface area contributed by atoms with E-state index in [1.807, 2.05) is 30.3 Å². The Bertz CT molecular complexity index is 778. The number of aliphatic hydroxyl groups is 1. The molecule has 0 aliphatic carbocycles. The summed E-state index contributed by atoms with van der Waals surface area (Å²) in [6.07, 6.45) is -5.78. The van der Waals surface area contributed by atoms with Crippen LogP contribution in [-0.2, 0) is 44.3 Å². The fraction of sp³-hybridized carbons (Fsp3) is 0.680. The van der Waals surface area contributed by atoms with Gasteiger partial charge in [0.15, 0.2) is 20.7 Å². The monoisotopic (exact) mass is 512 g/mol.